The van der Waals surface area contributed by atoms with Crippen LogP contribution < -0.4 is 20.5 Å². The van der Waals surface area contributed by atoms with Gasteiger partial charge >= 0.3 is 0 Å². The first kappa shape index (κ1) is 20.1. The van der Waals surface area contributed by atoms with E-state index in [1.807, 2.05) is 0 Å². The molecule has 1 atom stereocenters. The molecule has 0 saturated carbocycles. The Kier molecular flexibility index (Phi) is 7.21. The number of rotatable bonds is 8. The molecule has 0 saturated heterocycles. The lowest BCUT2D eigenvalue weighted by atomic mass is 10.2. The van der Waals surface area contributed by atoms with Crippen molar-refractivity contribution in [1.82, 2.24) is 4.90 Å². The minimum Gasteiger partial charge on any atom is -0.467 e. The van der Waals surface area contributed by atoms with E-state index < -0.39 is 8.07 Å². The van der Waals surface area contributed by atoms with Crippen molar-refractivity contribution in [2.45, 2.75) is 26.2 Å². The number of hydrogen-bond acceptors (Lipinski definition) is 3. The van der Waals surface area contributed by atoms with Gasteiger partial charge in [0.15, 0.2) is 6.79 Å². The smallest absolute Gasteiger partial charge is 0.188 e. The van der Waals surface area contributed by atoms with Crippen molar-refractivity contribution in [3.05, 3.63) is 48.0 Å². The van der Waals surface area contributed by atoms with Gasteiger partial charge in [-0.3, -0.25) is 0 Å². The Morgan fingerprint density at radius 3 is 2.28 bits per heavy atom. The molecule has 3 nitrogen and oxygen atoms in total. The molecule has 0 aliphatic carbocycles. The van der Waals surface area contributed by atoms with Gasteiger partial charge in [0.1, 0.15) is 5.75 Å². The van der Waals surface area contributed by atoms with Crippen molar-refractivity contribution in [2.24, 2.45) is 0 Å². The maximum Gasteiger partial charge on any atom is 0.188 e. The summed E-state index contributed by atoms with van der Waals surface area (Å²) in [6, 6.07) is 15.3. The molecule has 2 aromatic carbocycles. The quantitative estimate of drug-likeness (QED) is 0.402. The Hall–Kier alpha value is -1.19. The molecule has 1 unspecified atom stereocenters. The first-order valence-corrected chi connectivity index (χ1v) is 13.1. The largest absolute Gasteiger partial charge is 0.467 e. The van der Waals surface area contributed by atoms with Gasteiger partial charge in [-0.15, -0.1) is 0 Å². The maximum atomic E-state index is 6.05. The first-order chi connectivity index (χ1) is 11.8. The number of benzene rings is 2. The predicted molar refractivity (Wildman–Crippen MR) is 113 cm³/mol. The SMILES string of the molecule is COCOc1c(Pc2ccccc2CN(C)C)cccc1[Si](C)(C)C. The average molecular weight is 376 g/mol. The van der Waals surface area contributed by atoms with Gasteiger partial charge < -0.3 is 14.4 Å². The van der Waals surface area contributed by atoms with Crippen molar-refractivity contribution in [2.75, 3.05) is 28.0 Å². The molecule has 0 radical (unpaired) electrons. The zero-order valence-corrected chi connectivity index (χ0v) is 18.2. The van der Waals surface area contributed by atoms with E-state index in [4.69, 9.17) is 9.47 Å². The van der Waals surface area contributed by atoms with Crippen LogP contribution in [0.25, 0.3) is 0 Å². The van der Waals surface area contributed by atoms with E-state index in [9.17, 15) is 0 Å². The van der Waals surface area contributed by atoms with Crippen LogP contribution in [0.1, 0.15) is 5.56 Å². The molecule has 0 N–H and O–H groups in total. The van der Waals surface area contributed by atoms with Gasteiger partial charge in [-0.25, -0.2) is 0 Å². The summed E-state index contributed by atoms with van der Waals surface area (Å²) in [6.45, 7) is 8.31. The molecule has 25 heavy (non-hydrogen) atoms. The Morgan fingerprint density at radius 2 is 1.64 bits per heavy atom. The lowest BCUT2D eigenvalue weighted by Crippen LogP contribution is -2.40. The summed E-state index contributed by atoms with van der Waals surface area (Å²) < 4.78 is 11.2. The summed E-state index contributed by atoms with van der Waals surface area (Å²) in [6.07, 6.45) is 0. The lowest BCUT2D eigenvalue weighted by molar-refractivity contribution is 0.0526. The summed E-state index contributed by atoms with van der Waals surface area (Å²) in [4.78, 5) is 2.21. The highest BCUT2D eigenvalue weighted by molar-refractivity contribution is 7.56. The Bertz CT molecular complexity index is 698. The van der Waals surface area contributed by atoms with Gasteiger partial charge in [-0.05, 0) is 30.2 Å². The van der Waals surface area contributed by atoms with Gasteiger partial charge in [0.05, 0.1) is 8.07 Å². The molecule has 5 heteroatoms. The van der Waals surface area contributed by atoms with Crippen molar-refractivity contribution in [3.63, 3.8) is 0 Å². The number of methoxy groups -OCH3 is 1. The fraction of sp³-hybridized carbons (Fsp3) is 0.400. The minimum atomic E-state index is -1.50. The van der Waals surface area contributed by atoms with Gasteiger partial charge in [0, 0.05) is 19.0 Å². The molecule has 0 heterocycles. The highest BCUT2D eigenvalue weighted by atomic mass is 31.1. The third-order valence-corrected chi connectivity index (χ3v) is 7.35. The van der Waals surface area contributed by atoms with Crippen LogP contribution in [0.5, 0.6) is 5.75 Å². The molecule has 2 aromatic rings. The summed E-state index contributed by atoms with van der Waals surface area (Å²) in [5, 5.41) is 4.01. The molecule has 2 rings (SSSR count). The molecule has 0 spiro atoms. The molecule has 0 fully saturated rings. The summed E-state index contributed by atoms with van der Waals surface area (Å²) in [5.74, 6) is 1.03. The molecule has 0 bridgehead atoms. The molecule has 0 aliphatic heterocycles. The average Bonchev–Trinajstić information content (AvgIpc) is 2.54. The van der Waals surface area contributed by atoms with Gasteiger partial charge in [-0.2, -0.15) is 0 Å². The summed E-state index contributed by atoms with van der Waals surface area (Å²) in [7, 11) is 4.97. The van der Waals surface area contributed by atoms with Crippen LogP contribution >= 0.6 is 8.58 Å². The minimum absolute atomic E-state index is 0.290. The zero-order valence-electron chi connectivity index (χ0n) is 16.2. The van der Waals surface area contributed by atoms with Crippen LogP contribution in [0.3, 0.4) is 0 Å². The fourth-order valence-corrected chi connectivity index (χ4v) is 5.67. The van der Waals surface area contributed by atoms with Crippen LogP contribution in [0, 0.1) is 0 Å². The van der Waals surface area contributed by atoms with Crippen LogP contribution in [0.15, 0.2) is 42.5 Å². The van der Waals surface area contributed by atoms with E-state index in [2.05, 4.69) is 81.1 Å². The Labute approximate surface area is 155 Å². The number of ether oxygens (including phenoxy) is 2. The number of para-hydroxylation sites is 1. The van der Waals surface area contributed by atoms with Crippen LogP contribution in [0.2, 0.25) is 19.6 Å². The second kappa shape index (κ2) is 8.95. The predicted octanol–water partition coefficient (Wildman–Crippen LogP) is 2.91. The molecular weight excluding hydrogens is 345 g/mol. The van der Waals surface area contributed by atoms with Gasteiger partial charge in [-0.1, -0.05) is 70.7 Å². The van der Waals surface area contributed by atoms with E-state index >= 15 is 0 Å². The van der Waals surface area contributed by atoms with E-state index in [-0.39, 0.29) is 6.79 Å². The molecule has 136 valence electrons. The van der Waals surface area contributed by atoms with Crippen molar-refractivity contribution >= 4 is 32.5 Å². The van der Waals surface area contributed by atoms with E-state index in [1.54, 1.807) is 7.11 Å². The third-order valence-electron chi connectivity index (χ3n) is 3.92. The fourth-order valence-electron chi connectivity index (χ4n) is 2.77. The van der Waals surface area contributed by atoms with Gasteiger partial charge in [0.2, 0.25) is 0 Å². The molecule has 0 aromatic heterocycles. The highest BCUT2D eigenvalue weighted by Crippen LogP contribution is 2.22. The Balaban J connectivity index is 2.43. The standard InChI is InChI=1S/C20H30NO2PSi/c1-21(2)14-16-10-7-8-11-17(16)24-18-12-9-13-19(25(4,5)6)20(18)23-15-22-3/h7-13,24H,14-15H2,1-6H3. The number of nitrogens with zero attached hydrogens (tertiary/aromatic N) is 1. The number of hydrogen-bond donors (Lipinski definition) is 0. The second-order valence-electron chi connectivity index (χ2n) is 7.50. The molecule has 0 aliphatic rings. The molecular formula is C20H30NO2PSi. The van der Waals surface area contributed by atoms with E-state index in [0.29, 0.717) is 8.58 Å². The Morgan fingerprint density at radius 1 is 0.960 bits per heavy atom. The zero-order chi connectivity index (χ0) is 18.4. The topological polar surface area (TPSA) is 21.7 Å². The molecule has 0 amide bonds. The third kappa shape index (κ3) is 5.65. The van der Waals surface area contributed by atoms with Gasteiger partial charge in [0.25, 0.3) is 0 Å². The summed E-state index contributed by atoms with van der Waals surface area (Å²) in [5.41, 5.74) is 1.38. The summed E-state index contributed by atoms with van der Waals surface area (Å²) >= 11 is 0. The van der Waals surface area contributed by atoms with E-state index in [0.717, 1.165) is 12.3 Å². The monoisotopic (exact) mass is 375 g/mol. The van der Waals surface area contributed by atoms with Crippen LogP contribution in [0.4, 0.5) is 0 Å². The first-order valence-electron chi connectivity index (χ1n) is 8.58. The van der Waals surface area contributed by atoms with Crippen molar-refractivity contribution < 1.29 is 9.47 Å². The normalized spacial score (nSPS) is 12.3. The maximum absolute atomic E-state index is 6.05. The second-order valence-corrected chi connectivity index (χ2v) is 13.9. The lowest BCUT2D eigenvalue weighted by Gasteiger charge is -2.23. The van der Waals surface area contributed by atoms with Crippen LogP contribution in [-0.4, -0.2) is 41.0 Å². The van der Waals surface area contributed by atoms with Crippen molar-refractivity contribution in [1.29, 1.82) is 0 Å². The van der Waals surface area contributed by atoms with E-state index in [1.165, 1.54) is 21.4 Å². The highest BCUT2D eigenvalue weighted by Gasteiger charge is 2.23. The van der Waals surface area contributed by atoms with Crippen molar-refractivity contribution in [3.8, 4) is 5.75 Å². The van der Waals surface area contributed by atoms with Crippen LogP contribution in [-0.2, 0) is 11.3 Å².